The first-order valence-corrected chi connectivity index (χ1v) is 10.1. The molecule has 2 heterocycles. The van der Waals surface area contributed by atoms with Gasteiger partial charge in [-0.25, -0.2) is 4.98 Å². The minimum atomic E-state index is 0.903. The van der Waals surface area contributed by atoms with E-state index in [2.05, 4.69) is 64.1 Å². The summed E-state index contributed by atoms with van der Waals surface area (Å²) >= 11 is 0. The Labute approximate surface area is 156 Å². The minimum absolute atomic E-state index is 0.903. The topological polar surface area (TPSA) is 21.1 Å². The number of aryl methyl sites for hydroxylation is 1. The zero-order valence-electron chi connectivity index (χ0n) is 15.6. The lowest BCUT2D eigenvalue weighted by atomic mass is 10.2. The highest BCUT2D eigenvalue weighted by Gasteiger charge is 2.13. The van der Waals surface area contributed by atoms with Crippen LogP contribution in [-0.4, -0.2) is 34.1 Å². The third kappa shape index (κ3) is 4.16. The third-order valence-corrected chi connectivity index (χ3v) is 5.49. The molecule has 1 saturated heterocycles. The normalized spacial score (nSPS) is 16.0. The van der Waals surface area contributed by atoms with Crippen LogP contribution in [0.25, 0.3) is 11.0 Å². The Bertz CT molecular complexity index is 814. The molecule has 3 nitrogen and oxygen atoms in total. The van der Waals surface area contributed by atoms with Crippen molar-refractivity contribution in [3.63, 3.8) is 0 Å². The molecule has 1 fully saturated rings. The van der Waals surface area contributed by atoms with Gasteiger partial charge in [0.1, 0.15) is 5.82 Å². The molecular formula is C23H29N3. The molecule has 0 aliphatic carbocycles. The van der Waals surface area contributed by atoms with Gasteiger partial charge in [0.2, 0.25) is 0 Å². The van der Waals surface area contributed by atoms with Gasteiger partial charge in [-0.1, -0.05) is 55.3 Å². The predicted octanol–water partition coefficient (Wildman–Crippen LogP) is 4.89. The molecular weight excluding hydrogens is 318 g/mol. The first-order valence-electron chi connectivity index (χ1n) is 10.1. The molecule has 0 saturated carbocycles. The second kappa shape index (κ2) is 8.50. The van der Waals surface area contributed by atoms with Crippen LogP contribution in [0.4, 0.5) is 0 Å². The predicted molar refractivity (Wildman–Crippen MR) is 109 cm³/mol. The van der Waals surface area contributed by atoms with Crippen molar-refractivity contribution in [1.82, 2.24) is 14.5 Å². The lowest BCUT2D eigenvalue weighted by Gasteiger charge is -2.19. The zero-order chi connectivity index (χ0) is 17.6. The molecule has 1 aromatic heterocycles. The molecule has 0 radical (unpaired) electrons. The highest BCUT2D eigenvalue weighted by atomic mass is 15.1. The van der Waals surface area contributed by atoms with Crippen LogP contribution in [-0.2, 0) is 13.0 Å². The Morgan fingerprint density at radius 2 is 1.54 bits per heavy atom. The smallest absolute Gasteiger partial charge is 0.110 e. The third-order valence-electron chi connectivity index (χ3n) is 5.49. The summed E-state index contributed by atoms with van der Waals surface area (Å²) in [5.74, 6) is 1.23. The molecule has 0 amide bonds. The SMILES string of the molecule is c1ccc(Cn2c(CCCN3CCCCCC3)nc3ccccc32)cc1. The maximum atomic E-state index is 4.95. The van der Waals surface area contributed by atoms with Gasteiger partial charge in [-0.3, -0.25) is 0 Å². The largest absolute Gasteiger partial charge is 0.323 e. The molecule has 4 rings (SSSR count). The summed E-state index contributed by atoms with van der Waals surface area (Å²) in [5, 5.41) is 0. The molecule has 3 aromatic rings. The van der Waals surface area contributed by atoms with Crippen molar-refractivity contribution in [3.05, 3.63) is 66.0 Å². The van der Waals surface area contributed by atoms with Gasteiger partial charge in [0.25, 0.3) is 0 Å². The number of para-hydroxylation sites is 2. The summed E-state index contributed by atoms with van der Waals surface area (Å²) in [6, 6.07) is 19.3. The summed E-state index contributed by atoms with van der Waals surface area (Å²) in [7, 11) is 0. The fraction of sp³-hybridized carbons (Fsp3) is 0.435. The van der Waals surface area contributed by atoms with Gasteiger partial charge in [-0.05, 0) is 56.6 Å². The van der Waals surface area contributed by atoms with Crippen molar-refractivity contribution >= 4 is 11.0 Å². The summed E-state index contributed by atoms with van der Waals surface area (Å²) < 4.78 is 2.41. The molecule has 0 atom stereocenters. The van der Waals surface area contributed by atoms with Crippen LogP contribution in [0.2, 0.25) is 0 Å². The number of hydrogen-bond acceptors (Lipinski definition) is 2. The van der Waals surface area contributed by atoms with E-state index in [0.717, 1.165) is 18.5 Å². The fourth-order valence-electron chi connectivity index (χ4n) is 4.08. The fourth-order valence-corrected chi connectivity index (χ4v) is 4.08. The van der Waals surface area contributed by atoms with E-state index in [4.69, 9.17) is 4.98 Å². The summed E-state index contributed by atoms with van der Waals surface area (Å²) in [6.07, 6.45) is 7.79. The van der Waals surface area contributed by atoms with Gasteiger partial charge in [-0.15, -0.1) is 0 Å². The van der Waals surface area contributed by atoms with Crippen molar-refractivity contribution in [1.29, 1.82) is 0 Å². The minimum Gasteiger partial charge on any atom is -0.323 e. The van der Waals surface area contributed by atoms with Crippen molar-refractivity contribution in [2.24, 2.45) is 0 Å². The first-order chi connectivity index (χ1) is 12.9. The summed E-state index contributed by atoms with van der Waals surface area (Å²) in [5.41, 5.74) is 3.71. The molecule has 0 bridgehead atoms. The molecule has 136 valence electrons. The van der Waals surface area contributed by atoms with E-state index in [1.54, 1.807) is 0 Å². The zero-order valence-corrected chi connectivity index (χ0v) is 15.6. The molecule has 0 unspecified atom stereocenters. The van der Waals surface area contributed by atoms with Crippen LogP contribution in [0.5, 0.6) is 0 Å². The number of likely N-dealkylation sites (tertiary alicyclic amines) is 1. The second-order valence-electron chi connectivity index (χ2n) is 7.45. The molecule has 2 aromatic carbocycles. The van der Waals surface area contributed by atoms with E-state index >= 15 is 0 Å². The molecule has 1 aliphatic rings. The Balaban J connectivity index is 1.49. The van der Waals surface area contributed by atoms with Crippen molar-refractivity contribution in [3.8, 4) is 0 Å². The number of benzene rings is 2. The van der Waals surface area contributed by atoms with Gasteiger partial charge < -0.3 is 9.47 Å². The second-order valence-corrected chi connectivity index (χ2v) is 7.45. The number of aromatic nitrogens is 2. The van der Waals surface area contributed by atoms with Crippen LogP contribution < -0.4 is 0 Å². The van der Waals surface area contributed by atoms with E-state index in [0.29, 0.717) is 0 Å². The number of fused-ring (bicyclic) bond motifs is 1. The summed E-state index contributed by atoms with van der Waals surface area (Å²) in [6.45, 7) is 4.66. The number of hydrogen-bond donors (Lipinski definition) is 0. The Morgan fingerprint density at radius 3 is 2.35 bits per heavy atom. The molecule has 3 heteroatoms. The number of rotatable bonds is 6. The summed E-state index contributed by atoms with van der Waals surface area (Å²) in [4.78, 5) is 7.60. The van der Waals surface area contributed by atoms with Gasteiger partial charge in [-0.2, -0.15) is 0 Å². The van der Waals surface area contributed by atoms with E-state index in [1.165, 1.54) is 68.6 Å². The van der Waals surface area contributed by atoms with Crippen molar-refractivity contribution in [2.45, 2.75) is 45.1 Å². The first kappa shape index (κ1) is 17.3. The molecule has 0 spiro atoms. The van der Waals surface area contributed by atoms with Crippen LogP contribution >= 0.6 is 0 Å². The van der Waals surface area contributed by atoms with Gasteiger partial charge in [0.05, 0.1) is 11.0 Å². The molecule has 1 aliphatic heterocycles. The van der Waals surface area contributed by atoms with Crippen LogP contribution in [0, 0.1) is 0 Å². The average Bonchev–Trinajstić information content (AvgIpc) is 2.84. The monoisotopic (exact) mass is 347 g/mol. The highest BCUT2D eigenvalue weighted by molar-refractivity contribution is 5.76. The number of nitrogens with zero attached hydrogens (tertiary/aromatic N) is 3. The van der Waals surface area contributed by atoms with Gasteiger partial charge in [0, 0.05) is 13.0 Å². The van der Waals surface area contributed by atoms with Gasteiger partial charge >= 0.3 is 0 Å². The lowest BCUT2D eigenvalue weighted by Crippen LogP contribution is -2.26. The molecule has 26 heavy (non-hydrogen) atoms. The lowest BCUT2D eigenvalue weighted by molar-refractivity contribution is 0.280. The maximum Gasteiger partial charge on any atom is 0.110 e. The Hall–Kier alpha value is -2.13. The Kier molecular flexibility index (Phi) is 5.65. The van der Waals surface area contributed by atoms with E-state index in [1.807, 2.05) is 0 Å². The highest BCUT2D eigenvalue weighted by Crippen LogP contribution is 2.19. The molecule has 0 N–H and O–H groups in total. The van der Waals surface area contributed by atoms with E-state index < -0.39 is 0 Å². The average molecular weight is 348 g/mol. The quantitative estimate of drug-likeness (QED) is 0.633. The van der Waals surface area contributed by atoms with Crippen LogP contribution in [0.3, 0.4) is 0 Å². The van der Waals surface area contributed by atoms with E-state index in [9.17, 15) is 0 Å². The van der Waals surface area contributed by atoms with Gasteiger partial charge in [0.15, 0.2) is 0 Å². The number of imidazole rings is 1. The van der Waals surface area contributed by atoms with Crippen molar-refractivity contribution in [2.75, 3.05) is 19.6 Å². The van der Waals surface area contributed by atoms with Crippen LogP contribution in [0.15, 0.2) is 54.6 Å². The van der Waals surface area contributed by atoms with Crippen molar-refractivity contribution < 1.29 is 0 Å². The standard InChI is InChI=1S/C23H29N3/c1-2-9-17-25(16-8-1)18-10-15-23-24-21-13-6-7-14-22(21)26(23)19-20-11-4-3-5-12-20/h3-7,11-14H,1-2,8-10,15-19H2. The Morgan fingerprint density at radius 1 is 0.808 bits per heavy atom. The maximum absolute atomic E-state index is 4.95. The van der Waals surface area contributed by atoms with Crippen LogP contribution in [0.1, 0.15) is 43.5 Å². The van der Waals surface area contributed by atoms with E-state index in [-0.39, 0.29) is 0 Å².